The average Bonchev–Trinajstić information content (AvgIpc) is 3.21. The van der Waals surface area contributed by atoms with Gasteiger partial charge in [0.1, 0.15) is 6.61 Å². The molecule has 0 aromatic carbocycles. The number of carbonyl (C=O) groups is 2. The van der Waals surface area contributed by atoms with E-state index in [1.165, 1.54) is 64.2 Å². The van der Waals surface area contributed by atoms with Gasteiger partial charge in [-0.3, -0.25) is 18.6 Å². The fourth-order valence-corrected chi connectivity index (χ4v) is 6.07. The molecule has 0 bridgehead atoms. The molecule has 0 fully saturated rings. The number of ether oxygens (including phenoxy) is 2. The van der Waals surface area contributed by atoms with E-state index >= 15 is 0 Å². The van der Waals surface area contributed by atoms with Gasteiger partial charge in [-0.25, -0.2) is 4.57 Å². The minimum Gasteiger partial charge on any atom is -0.462 e. The highest BCUT2D eigenvalue weighted by atomic mass is 31.2. The van der Waals surface area contributed by atoms with Gasteiger partial charge < -0.3 is 19.7 Å². The largest absolute Gasteiger partial charge is 0.472 e. The van der Waals surface area contributed by atoms with Crippen LogP contribution in [0.3, 0.4) is 0 Å². The maximum Gasteiger partial charge on any atom is 0.472 e. The van der Waals surface area contributed by atoms with Crippen LogP contribution >= 0.6 is 7.82 Å². The Morgan fingerprint density at radius 2 is 0.966 bits per heavy atom. The number of rotatable bonds is 40. The number of phosphoric acid groups is 1. The smallest absolute Gasteiger partial charge is 0.462 e. The predicted octanol–water partition coefficient (Wildman–Crippen LogP) is 12.9. The van der Waals surface area contributed by atoms with Gasteiger partial charge in [0.05, 0.1) is 13.2 Å². The molecule has 0 rings (SSSR count). The summed E-state index contributed by atoms with van der Waals surface area (Å²) in [4.78, 5) is 35.0. The molecule has 0 aliphatic heterocycles. The normalized spacial score (nSPS) is 14.2. The van der Waals surface area contributed by atoms with Gasteiger partial charge in [0, 0.05) is 19.4 Å². The van der Waals surface area contributed by atoms with Crippen LogP contribution in [0.25, 0.3) is 0 Å². The van der Waals surface area contributed by atoms with E-state index in [1.54, 1.807) is 7.05 Å². The zero-order valence-electron chi connectivity index (χ0n) is 36.5. The Morgan fingerprint density at radius 1 is 0.534 bits per heavy atom. The first-order valence-electron chi connectivity index (χ1n) is 22.2. The molecule has 0 aromatic rings. The molecule has 330 valence electrons. The molecule has 58 heavy (non-hydrogen) atoms. The van der Waals surface area contributed by atoms with E-state index < -0.39 is 32.5 Å². The highest BCUT2D eigenvalue weighted by molar-refractivity contribution is 7.47. The zero-order valence-corrected chi connectivity index (χ0v) is 37.3. The lowest BCUT2D eigenvalue weighted by Crippen LogP contribution is -2.29. The van der Waals surface area contributed by atoms with Crippen molar-refractivity contribution in [3.8, 4) is 0 Å². The summed E-state index contributed by atoms with van der Waals surface area (Å²) in [6.07, 6.45) is 54.8. The highest BCUT2D eigenvalue weighted by Gasteiger charge is 2.26. The third kappa shape index (κ3) is 42.5. The average molecular weight is 830 g/mol. The molecule has 0 radical (unpaired) electrons. The van der Waals surface area contributed by atoms with Crippen molar-refractivity contribution in [3.05, 3.63) is 97.2 Å². The first-order chi connectivity index (χ1) is 28.3. The monoisotopic (exact) mass is 830 g/mol. The number of allylic oxidation sites excluding steroid dienone is 16. The zero-order chi connectivity index (χ0) is 42.5. The topological polar surface area (TPSA) is 120 Å². The van der Waals surface area contributed by atoms with Crippen LogP contribution in [0.1, 0.15) is 155 Å². The van der Waals surface area contributed by atoms with E-state index in [0.717, 1.165) is 51.4 Å². The van der Waals surface area contributed by atoms with Crippen molar-refractivity contribution in [1.29, 1.82) is 0 Å². The molecule has 2 unspecified atom stereocenters. The van der Waals surface area contributed by atoms with Crippen LogP contribution < -0.4 is 5.32 Å². The summed E-state index contributed by atoms with van der Waals surface area (Å²) >= 11 is 0. The van der Waals surface area contributed by atoms with Crippen LogP contribution in [0.5, 0.6) is 0 Å². The van der Waals surface area contributed by atoms with Crippen LogP contribution in [-0.4, -0.2) is 56.3 Å². The van der Waals surface area contributed by atoms with Crippen molar-refractivity contribution in [2.45, 2.75) is 161 Å². The Labute approximate surface area is 353 Å². The molecule has 0 spiro atoms. The molecular weight excluding hydrogens is 750 g/mol. The molecule has 0 heterocycles. The van der Waals surface area contributed by atoms with E-state index in [2.05, 4.69) is 104 Å². The lowest BCUT2D eigenvalue weighted by Gasteiger charge is -2.19. The quantitative estimate of drug-likeness (QED) is 0.0269. The summed E-state index contributed by atoms with van der Waals surface area (Å²) in [5.41, 5.74) is 0. The van der Waals surface area contributed by atoms with E-state index in [9.17, 15) is 19.0 Å². The Morgan fingerprint density at radius 3 is 1.48 bits per heavy atom. The number of phosphoric ester groups is 1. The van der Waals surface area contributed by atoms with Gasteiger partial charge in [-0.05, 0) is 90.5 Å². The summed E-state index contributed by atoms with van der Waals surface area (Å²) in [5, 5.41) is 2.81. The van der Waals surface area contributed by atoms with Crippen LogP contribution in [0.4, 0.5) is 0 Å². The molecule has 0 saturated heterocycles. The molecule has 0 saturated carbocycles. The third-order valence-corrected chi connectivity index (χ3v) is 9.67. The van der Waals surface area contributed by atoms with Crippen LogP contribution in [0.2, 0.25) is 0 Å². The predicted molar refractivity (Wildman–Crippen MR) is 243 cm³/mol. The van der Waals surface area contributed by atoms with Crippen molar-refractivity contribution in [2.24, 2.45) is 0 Å². The highest BCUT2D eigenvalue weighted by Crippen LogP contribution is 2.43. The number of hydrogen-bond donors (Lipinski definition) is 2. The molecule has 10 heteroatoms. The molecular formula is C48H80NO8P. The first kappa shape index (κ1) is 54.9. The SMILES string of the molecule is CCCCC/C=C\C/C=C\C/C=C\C/C=C\C/C=C\CCC(=O)OC(COC(=O)CCC/C=C\C/C=C\C/C=C\CCCCCCCC)COP(=O)(O)OCCNC. The summed E-state index contributed by atoms with van der Waals surface area (Å²) < 4.78 is 33.0. The fraction of sp³-hybridized carbons (Fsp3) is 0.625. The van der Waals surface area contributed by atoms with Crippen molar-refractivity contribution < 1.29 is 37.6 Å². The molecule has 0 aliphatic carbocycles. The Bertz CT molecular complexity index is 1270. The molecule has 9 nitrogen and oxygen atoms in total. The minimum atomic E-state index is -4.39. The van der Waals surface area contributed by atoms with Gasteiger partial charge in [0.2, 0.25) is 0 Å². The van der Waals surface area contributed by atoms with Gasteiger partial charge in [0.25, 0.3) is 0 Å². The third-order valence-electron chi connectivity index (χ3n) is 8.69. The summed E-state index contributed by atoms with van der Waals surface area (Å²) in [6, 6.07) is 0. The van der Waals surface area contributed by atoms with Crippen molar-refractivity contribution >= 4 is 19.8 Å². The minimum absolute atomic E-state index is 0.0431. The summed E-state index contributed by atoms with van der Waals surface area (Å²) in [5.74, 6) is -0.974. The van der Waals surface area contributed by atoms with Gasteiger partial charge in [-0.15, -0.1) is 0 Å². The second kappa shape index (κ2) is 43.5. The van der Waals surface area contributed by atoms with Gasteiger partial charge in [-0.1, -0.05) is 156 Å². The Kier molecular flexibility index (Phi) is 41.2. The van der Waals surface area contributed by atoms with Gasteiger partial charge >= 0.3 is 19.8 Å². The summed E-state index contributed by atoms with van der Waals surface area (Å²) in [7, 11) is -2.70. The number of hydrogen-bond acceptors (Lipinski definition) is 8. The van der Waals surface area contributed by atoms with E-state index in [1.807, 2.05) is 12.2 Å². The molecule has 0 aliphatic rings. The molecule has 2 atom stereocenters. The molecule has 0 aromatic heterocycles. The second-order valence-corrected chi connectivity index (χ2v) is 15.6. The van der Waals surface area contributed by atoms with Gasteiger partial charge in [-0.2, -0.15) is 0 Å². The standard InChI is InChI=1S/C48H80NO8P/c1-4-6-8-10-12-14-16-18-20-22-23-25-27-29-31-33-35-37-39-41-48(51)57-46(45-56-58(52,53)55-43-42-49-3)44-54-47(50)40-38-36-34-32-30-28-26-24-21-19-17-15-13-11-9-7-5-2/h12,14,18-21,23,25-26,28-29,31-32,34-35,37,46,49H,4-11,13,15-17,22,24,27,30,33,36,38-45H2,1-3H3,(H,52,53)/b14-12-,20-18-,21-19-,25-23-,28-26-,31-29-,34-32-,37-35-. The number of carbonyl (C=O) groups excluding carboxylic acids is 2. The lowest BCUT2D eigenvalue weighted by molar-refractivity contribution is -0.161. The van der Waals surface area contributed by atoms with Crippen molar-refractivity contribution in [2.75, 3.05) is 33.4 Å². The number of likely N-dealkylation sites (N-methyl/N-ethyl adjacent to an activating group) is 1. The second-order valence-electron chi connectivity index (χ2n) is 14.2. The van der Waals surface area contributed by atoms with Crippen molar-refractivity contribution in [3.63, 3.8) is 0 Å². The van der Waals surface area contributed by atoms with Crippen LogP contribution in [0.15, 0.2) is 97.2 Å². The van der Waals surface area contributed by atoms with Gasteiger partial charge in [0.15, 0.2) is 6.10 Å². The molecule has 2 N–H and O–H groups in total. The number of unbranched alkanes of at least 4 members (excludes halogenated alkanes) is 10. The van der Waals surface area contributed by atoms with Crippen LogP contribution in [0, 0.1) is 0 Å². The van der Waals surface area contributed by atoms with E-state index in [-0.39, 0.29) is 26.1 Å². The number of nitrogens with one attached hydrogen (secondary N) is 1. The Hall–Kier alpha value is -3.07. The lowest BCUT2D eigenvalue weighted by atomic mass is 10.1. The number of esters is 2. The fourth-order valence-electron chi connectivity index (χ4n) is 5.31. The maximum absolute atomic E-state index is 12.6. The van der Waals surface area contributed by atoms with Crippen molar-refractivity contribution in [1.82, 2.24) is 5.32 Å². The first-order valence-corrected chi connectivity index (χ1v) is 23.7. The van der Waals surface area contributed by atoms with E-state index in [4.69, 9.17) is 18.5 Å². The Balaban J connectivity index is 4.45. The summed E-state index contributed by atoms with van der Waals surface area (Å²) in [6.45, 7) is 4.02. The maximum atomic E-state index is 12.6. The molecule has 0 amide bonds. The van der Waals surface area contributed by atoms with Crippen LogP contribution in [-0.2, 0) is 32.7 Å². The van der Waals surface area contributed by atoms with E-state index in [0.29, 0.717) is 19.4 Å².